The molecule has 0 fully saturated rings. The van der Waals surface area contributed by atoms with Crippen LogP contribution in [0, 0.1) is 11.3 Å². The second-order valence-electron chi connectivity index (χ2n) is 6.93. The number of nitriles is 1. The number of amides is 2. The minimum absolute atomic E-state index is 0.128. The number of carbonyl (C=O) groups excluding carboxylic acids is 2. The van der Waals surface area contributed by atoms with E-state index in [0.717, 1.165) is 4.88 Å². The summed E-state index contributed by atoms with van der Waals surface area (Å²) in [6.07, 6.45) is 0. The Kier molecular flexibility index (Phi) is 5.61. The zero-order valence-electron chi connectivity index (χ0n) is 16.0. The van der Waals surface area contributed by atoms with Gasteiger partial charge < -0.3 is 15.3 Å². The highest BCUT2D eigenvalue weighted by Gasteiger charge is 2.44. The van der Waals surface area contributed by atoms with Crippen molar-refractivity contribution in [2.75, 3.05) is 18.5 Å². The second kappa shape index (κ2) is 8.49. The van der Waals surface area contributed by atoms with Gasteiger partial charge in [-0.05, 0) is 41.3 Å². The molecule has 1 aliphatic rings. The van der Waals surface area contributed by atoms with Crippen LogP contribution in [0.15, 0.2) is 66.0 Å². The van der Waals surface area contributed by atoms with Crippen LogP contribution in [0.25, 0.3) is 0 Å². The number of aliphatic hydroxyl groups is 1. The molecule has 0 bridgehead atoms. The second-order valence-corrected chi connectivity index (χ2v) is 7.91. The predicted octanol–water partition coefficient (Wildman–Crippen LogP) is 3.53. The van der Waals surface area contributed by atoms with Crippen LogP contribution in [0.3, 0.4) is 0 Å². The van der Waals surface area contributed by atoms with Crippen LogP contribution in [0.2, 0.25) is 0 Å². The van der Waals surface area contributed by atoms with Gasteiger partial charge in [0.05, 0.1) is 30.2 Å². The third kappa shape index (κ3) is 3.59. The first-order chi connectivity index (χ1) is 14.6. The molecule has 0 radical (unpaired) electrons. The van der Waals surface area contributed by atoms with Crippen molar-refractivity contribution >= 4 is 28.8 Å². The van der Waals surface area contributed by atoms with Gasteiger partial charge in [-0.3, -0.25) is 9.59 Å². The van der Waals surface area contributed by atoms with Gasteiger partial charge in [0.1, 0.15) is 0 Å². The third-order valence-electron chi connectivity index (χ3n) is 5.16. The van der Waals surface area contributed by atoms with Crippen LogP contribution in [0.4, 0.5) is 5.69 Å². The molecule has 4 rings (SSSR count). The topological polar surface area (TPSA) is 93.4 Å². The highest BCUT2D eigenvalue weighted by molar-refractivity contribution is 7.10. The minimum Gasteiger partial charge on any atom is -0.395 e. The van der Waals surface area contributed by atoms with Gasteiger partial charge in [0.2, 0.25) is 5.91 Å². The van der Waals surface area contributed by atoms with Crippen molar-refractivity contribution < 1.29 is 14.7 Å². The third-order valence-corrected chi connectivity index (χ3v) is 6.10. The van der Waals surface area contributed by atoms with Crippen LogP contribution in [0.5, 0.6) is 0 Å². The van der Waals surface area contributed by atoms with Gasteiger partial charge >= 0.3 is 0 Å². The number of anilines is 1. The van der Waals surface area contributed by atoms with Crippen LogP contribution in [-0.2, 0) is 4.79 Å². The molecule has 0 saturated heterocycles. The standard InChI is InChI=1S/C23H19N3O3S/c24-14-15-5-3-6-16(13-15)25-22(28)20-17-7-1-2-8-18(17)23(29)26(10-11-27)21(20)19-9-4-12-30-19/h1-9,12-13,20-21,27H,10-11H2,(H,25,28)/t20-,21+/m0/s1. The van der Waals surface area contributed by atoms with E-state index in [0.29, 0.717) is 22.4 Å². The molecule has 0 unspecified atom stereocenters. The summed E-state index contributed by atoms with van der Waals surface area (Å²) < 4.78 is 0. The Morgan fingerprint density at radius 2 is 2.00 bits per heavy atom. The first-order valence-corrected chi connectivity index (χ1v) is 10.4. The van der Waals surface area contributed by atoms with Gasteiger partial charge in [0.25, 0.3) is 5.91 Å². The molecule has 150 valence electrons. The quantitative estimate of drug-likeness (QED) is 0.664. The maximum absolute atomic E-state index is 13.5. The molecule has 0 spiro atoms. The highest BCUT2D eigenvalue weighted by Crippen LogP contribution is 2.44. The van der Waals surface area contributed by atoms with Crippen molar-refractivity contribution in [3.8, 4) is 6.07 Å². The van der Waals surface area contributed by atoms with E-state index >= 15 is 0 Å². The number of thiophene rings is 1. The zero-order valence-corrected chi connectivity index (χ0v) is 16.8. The Morgan fingerprint density at radius 1 is 1.17 bits per heavy atom. The van der Waals surface area contributed by atoms with Gasteiger partial charge in [-0.15, -0.1) is 11.3 Å². The Hall–Kier alpha value is -3.47. The van der Waals surface area contributed by atoms with E-state index in [1.165, 1.54) is 11.3 Å². The van der Waals surface area contributed by atoms with Crippen LogP contribution in [0.1, 0.15) is 38.3 Å². The largest absolute Gasteiger partial charge is 0.395 e. The van der Waals surface area contributed by atoms with Gasteiger partial charge in [0.15, 0.2) is 0 Å². The molecule has 1 aromatic heterocycles. The van der Waals surface area contributed by atoms with Gasteiger partial charge in [-0.25, -0.2) is 0 Å². The lowest BCUT2D eigenvalue weighted by Crippen LogP contribution is -2.46. The number of β-amino-alcohol motifs (C(OH)–C–C–N with tert-alkyl or cyclic N) is 1. The van der Waals surface area contributed by atoms with Gasteiger partial charge in [-0.2, -0.15) is 5.26 Å². The molecule has 2 N–H and O–H groups in total. The first-order valence-electron chi connectivity index (χ1n) is 9.49. The summed E-state index contributed by atoms with van der Waals surface area (Å²) in [5.41, 5.74) is 2.09. The molecular formula is C23H19N3O3S. The van der Waals surface area contributed by atoms with Crippen molar-refractivity contribution in [3.05, 3.63) is 87.6 Å². The number of fused-ring (bicyclic) bond motifs is 1. The maximum atomic E-state index is 13.5. The lowest BCUT2D eigenvalue weighted by molar-refractivity contribution is -0.119. The summed E-state index contributed by atoms with van der Waals surface area (Å²) in [4.78, 5) is 29.1. The molecule has 3 aromatic rings. The van der Waals surface area contributed by atoms with Gasteiger partial charge in [0, 0.05) is 22.7 Å². The number of aliphatic hydroxyl groups excluding tert-OH is 1. The van der Waals surface area contributed by atoms with E-state index in [-0.39, 0.29) is 25.0 Å². The summed E-state index contributed by atoms with van der Waals surface area (Å²) in [7, 11) is 0. The predicted molar refractivity (Wildman–Crippen MR) is 114 cm³/mol. The van der Waals surface area contributed by atoms with E-state index < -0.39 is 12.0 Å². The fraction of sp³-hybridized carbons (Fsp3) is 0.174. The monoisotopic (exact) mass is 417 g/mol. The van der Waals surface area contributed by atoms with E-state index in [2.05, 4.69) is 11.4 Å². The van der Waals surface area contributed by atoms with Crippen LogP contribution in [-0.4, -0.2) is 35.0 Å². The summed E-state index contributed by atoms with van der Waals surface area (Å²) in [6, 6.07) is 19.1. The normalized spacial score (nSPS) is 17.9. The van der Waals surface area contributed by atoms with Crippen molar-refractivity contribution in [2.45, 2.75) is 12.0 Å². The van der Waals surface area contributed by atoms with E-state index in [1.54, 1.807) is 47.4 Å². The maximum Gasteiger partial charge on any atom is 0.254 e. The number of rotatable bonds is 5. The number of carbonyl (C=O) groups is 2. The lowest BCUT2D eigenvalue weighted by atomic mass is 9.81. The molecule has 0 aliphatic carbocycles. The average Bonchev–Trinajstić information content (AvgIpc) is 3.30. The number of benzene rings is 2. The van der Waals surface area contributed by atoms with E-state index in [1.807, 2.05) is 23.6 Å². The van der Waals surface area contributed by atoms with Crippen molar-refractivity contribution in [1.29, 1.82) is 5.26 Å². The Labute approximate surface area is 178 Å². The molecular weight excluding hydrogens is 398 g/mol. The summed E-state index contributed by atoms with van der Waals surface area (Å²) >= 11 is 1.47. The Balaban J connectivity index is 1.80. The van der Waals surface area contributed by atoms with E-state index in [4.69, 9.17) is 5.26 Å². The molecule has 2 atom stereocenters. The summed E-state index contributed by atoms with van der Waals surface area (Å²) in [6.45, 7) is -0.0717. The number of nitrogens with one attached hydrogen (secondary N) is 1. The number of hydrogen-bond donors (Lipinski definition) is 2. The fourth-order valence-corrected chi connectivity index (χ4v) is 4.77. The molecule has 2 heterocycles. The zero-order chi connectivity index (χ0) is 21.1. The molecule has 1 aliphatic heterocycles. The number of hydrogen-bond acceptors (Lipinski definition) is 5. The Bertz CT molecular complexity index is 1120. The SMILES string of the molecule is N#Cc1cccc(NC(=O)[C@H]2c3ccccc3C(=O)N(CCO)[C@@H]2c2cccs2)c1. The first kappa shape index (κ1) is 19.8. The highest BCUT2D eigenvalue weighted by atomic mass is 32.1. The Morgan fingerprint density at radius 3 is 2.73 bits per heavy atom. The average molecular weight is 417 g/mol. The van der Waals surface area contributed by atoms with Gasteiger partial charge in [-0.1, -0.05) is 30.3 Å². The smallest absolute Gasteiger partial charge is 0.254 e. The summed E-state index contributed by atoms with van der Waals surface area (Å²) in [5.74, 6) is -1.13. The van der Waals surface area contributed by atoms with Crippen LogP contribution < -0.4 is 5.32 Å². The van der Waals surface area contributed by atoms with Crippen molar-refractivity contribution in [3.63, 3.8) is 0 Å². The molecule has 0 saturated carbocycles. The molecule has 2 aromatic carbocycles. The molecule has 6 nitrogen and oxygen atoms in total. The molecule has 30 heavy (non-hydrogen) atoms. The van der Waals surface area contributed by atoms with E-state index in [9.17, 15) is 14.7 Å². The molecule has 2 amide bonds. The van der Waals surface area contributed by atoms with Crippen molar-refractivity contribution in [1.82, 2.24) is 4.90 Å². The summed E-state index contributed by atoms with van der Waals surface area (Å²) in [5, 5.41) is 23.5. The van der Waals surface area contributed by atoms with Crippen LogP contribution >= 0.6 is 11.3 Å². The lowest BCUT2D eigenvalue weighted by Gasteiger charge is -2.40. The van der Waals surface area contributed by atoms with Crippen molar-refractivity contribution in [2.24, 2.45) is 0 Å². The molecule has 7 heteroatoms. The fourth-order valence-electron chi connectivity index (χ4n) is 3.89. The number of nitrogens with zero attached hydrogens (tertiary/aromatic N) is 2. The minimum atomic E-state index is -0.658.